The van der Waals surface area contributed by atoms with Crippen LogP contribution in [-0.4, -0.2) is 22.2 Å². The largest absolute Gasteiger partial charge is 0.508 e. The van der Waals surface area contributed by atoms with Crippen molar-refractivity contribution in [3.63, 3.8) is 0 Å². The number of aryl methyl sites for hydroxylation is 1. The minimum atomic E-state index is -0.820. The molecule has 1 atom stereocenters. The molecule has 0 saturated heterocycles. The number of carboxylic acid groups (broad SMARTS) is 1. The predicted molar refractivity (Wildman–Crippen MR) is 59.4 cm³/mol. The maximum absolute atomic E-state index is 10.5. The molecule has 0 heterocycles. The van der Waals surface area contributed by atoms with Crippen LogP contribution in [0.2, 0.25) is 0 Å². The molecule has 1 unspecified atom stereocenters. The summed E-state index contributed by atoms with van der Waals surface area (Å²) in [5, 5.41) is 18.2. The maximum Gasteiger partial charge on any atom is 0.303 e. The molecule has 86 valence electrons. The molecule has 0 radical (unpaired) electrons. The van der Waals surface area contributed by atoms with E-state index in [1.165, 1.54) is 0 Å². The first kappa shape index (κ1) is 11.0. The molecule has 1 aliphatic carbocycles. The molecule has 4 N–H and O–H groups in total. The number of carbonyl (C=O) groups is 1. The molecule has 0 amide bonds. The summed E-state index contributed by atoms with van der Waals surface area (Å²) in [6.45, 7) is 0. The summed E-state index contributed by atoms with van der Waals surface area (Å²) in [6.07, 6.45) is 2.10. The van der Waals surface area contributed by atoms with Crippen LogP contribution in [0.3, 0.4) is 0 Å². The summed E-state index contributed by atoms with van der Waals surface area (Å²) in [5.41, 5.74) is 8.98. The molecule has 1 aliphatic rings. The lowest BCUT2D eigenvalue weighted by atomic mass is 9.99. The third-order valence-electron chi connectivity index (χ3n) is 2.98. The number of fused-ring (bicyclic) bond motifs is 1. The minimum absolute atomic E-state index is 0.0884. The summed E-state index contributed by atoms with van der Waals surface area (Å²) in [7, 11) is 0. The van der Waals surface area contributed by atoms with Crippen LogP contribution in [0.25, 0.3) is 0 Å². The van der Waals surface area contributed by atoms with Crippen molar-refractivity contribution in [3.05, 3.63) is 28.8 Å². The van der Waals surface area contributed by atoms with Crippen molar-refractivity contribution in [1.29, 1.82) is 0 Å². The van der Waals surface area contributed by atoms with Crippen molar-refractivity contribution in [1.82, 2.24) is 0 Å². The van der Waals surface area contributed by atoms with Crippen molar-refractivity contribution >= 4 is 5.97 Å². The fourth-order valence-corrected chi connectivity index (χ4v) is 2.30. The Morgan fingerprint density at radius 2 is 2.19 bits per heavy atom. The van der Waals surface area contributed by atoms with Crippen LogP contribution in [0.4, 0.5) is 0 Å². The van der Waals surface area contributed by atoms with Gasteiger partial charge in [-0.3, -0.25) is 4.79 Å². The maximum atomic E-state index is 10.5. The lowest BCUT2D eigenvalue weighted by molar-refractivity contribution is -0.136. The number of aliphatic carboxylic acids is 1. The van der Waals surface area contributed by atoms with Gasteiger partial charge >= 0.3 is 5.97 Å². The molecule has 1 aromatic carbocycles. The van der Waals surface area contributed by atoms with Crippen LogP contribution in [0.5, 0.6) is 5.75 Å². The van der Waals surface area contributed by atoms with Gasteiger partial charge in [0.15, 0.2) is 0 Å². The quantitative estimate of drug-likeness (QED) is 0.706. The van der Waals surface area contributed by atoms with Crippen LogP contribution in [0.1, 0.15) is 23.1 Å². The van der Waals surface area contributed by atoms with Gasteiger partial charge in [0.1, 0.15) is 5.75 Å². The Morgan fingerprint density at radius 1 is 1.44 bits per heavy atom. The number of carboxylic acids is 1. The fraction of sp³-hybridized carbons (Fsp3) is 0.417. The van der Waals surface area contributed by atoms with Gasteiger partial charge in [-0.25, -0.2) is 0 Å². The van der Waals surface area contributed by atoms with E-state index in [0.717, 1.165) is 29.5 Å². The van der Waals surface area contributed by atoms with Crippen LogP contribution in [0.15, 0.2) is 12.1 Å². The van der Waals surface area contributed by atoms with Gasteiger partial charge in [-0.05, 0) is 48.1 Å². The average Bonchev–Trinajstić information content (AvgIpc) is 2.54. The van der Waals surface area contributed by atoms with Crippen molar-refractivity contribution < 1.29 is 15.0 Å². The summed E-state index contributed by atoms with van der Waals surface area (Å²) < 4.78 is 0. The molecule has 4 heteroatoms. The lowest BCUT2D eigenvalue weighted by Crippen LogP contribution is -2.19. The van der Waals surface area contributed by atoms with Gasteiger partial charge in [0.2, 0.25) is 0 Å². The van der Waals surface area contributed by atoms with Gasteiger partial charge in [0.25, 0.3) is 0 Å². The Morgan fingerprint density at radius 3 is 2.88 bits per heavy atom. The second kappa shape index (κ2) is 4.14. The number of phenolic OH excluding ortho intramolecular Hbond substituents is 1. The molecular weight excluding hydrogens is 206 g/mol. The standard InChI is InChI=1S/C12H15NO3/c13-9-3-8-5-10(14)4-7(11(8)6-9)1-2-12(15)16/h4-5,9,14H,1-3,6,13H2,(H,15,16). The highest BCUT2D eigenvalue weighted by Gasteiger charge is 2.22. The zero-order valence-electron chi connectivity index (χ0n) is 8.94. The second-order valence-corrected chi connectivity index (χ2v) is 4.30. The van der Waals surface area contributed by atoms with Gasteiger partial charge in [-0.15, -0.1) is 0 Å². The van der Waals surface area contributed by atoms with Gasteiger partial charge in [-0.2, -0.15) is 0 Å². The molecule has 4 nitrogen and oxygen atoms in total. The van der Waals surface area contributed by atoms with Crippen molar-refractivity contribution in [2.45, 2.75) is 31.7 Å². The van der Waals surface area contributed by atoms with E-state index in [2.05, 4.69) is 0 Å². The van der Waals surface area contributed by atoms with E-state index in [4.69, 9.17) is 10.8 Å². The van der Waals surface area contributed by atoms with E-state index < -0.39 is 5.97 Å². The molecule has 0 spiro atoms. The Kier molecular flexibility index (Phi) is 2.83. The molecule has 0 aromatic heterocycles. The van der Waals surface area contributed by atoms with Crippen LogP contribution >= 0.6 is 0 Å². The highest BCUT2D eigenvalue weighted by molar-refractivity contribution is 5.67. The summed E-state index contributed by atoms with van der Waals surface area (Å²) in [6, 6.07) is 3.48. The Hall–Kier alpha value is -1.55. The Balaban J connectivity index is 2.27. The molecule has 0 fully saturated rings. The molecule has 0 aliphatic heterocycles. The number of aromatic hydroxyl groups is 1. The smallest absolute Gasteiger partial charge is 0.303 e. The topological polar surface area (TPSA) is 83.5 Å². The normalized spacial score (nSPS) is 18.4. The first-order chi connectivity index (χ1) is 7.56. The van der Waals surface area contributed by atoms with E-state index >= 15 is 0 Å². The summed E-state index contributed by atoms with van der Waals surface area (Å²) in [5.74, 6) is -0.618. The Bertz CT molecular complexity index is 429. The van der Waals surface area contributed by atoms with E-state index in [0.29, 0.717) is 6.42 Å². The number of phenols is 1. The van der Waals surface area contributed by atoms with E-state index in [1.54, 1.807) is 12.1 Å². The molecular formula is C12H15NO3. The fourth-order valence-electron chi connectivity index (χ4n) is 2.30. The van der Waals surface area contributed by atoms with E-state index in [-0.39, 0.29) is 18.2 Å². The van der Waals surface area contributed by atoms with Crippen molar-refractivity contribution in [3.8, 4) is 5.75 Å². The molecule has 0 bridgehead atoms. The lowest BCUT2D eigenvalue weighted by Gasteiger charge is -2.08. The molecule has 16 heavy (non-hydrogen) atoms. The number of hydrogen-bond acceptors (Lipinski definition) is 3. The van der Waals surface area contributed by atoms with Gasteiger partial charge in [-0.1, -0.05) is 0 Å². The third kappa shape index (κ3) is 2.17. The van der Waals surface area contributed by atoms with Gasteiger partial charge in [0, 0.05) is 12.5 Å². The first-order valence-corrected chi connectivity index (χ1v) is 5.37. The van der Waals surface area contributed by atoms with E-state index in [1.807, 2.05) is 0 Å². The zero-order valence-corrected chi connectivity index (χ0v) is 8.94. The van der Waals surface area contributed by atoms with Crippen LogP contribution in [0, 0.1) is 0 Å². The minimum Gasteiger partial charge on any atom is -0.508 e. The Labute approximate surface area is 93.7 Å². The number of rotatable bonds is 3. The highest BCUT2D eigenvalue weighted by atomic mass is 16.4. The number of benzene rings is 1. The first-order valence-electron chi connectivity index (χ1n) is 5.37. The number of hydrogen-bond donors (Lipinski definition) is 3. The monoisotopic (exact) mass is 221 g/mol. The van der Waals surface area contributed by atoms with Crippen molar-refractivity contribution in [2.24, 2.45) is 5.73 Å². The van der Waals surface area contributed by atoms with E-state index in [9.17, 15) is 9.90 Å². The molecule has 2 rings (SSSR count). The third-order valence-corrected chi connectivity index (χ3v) is 2.98. The second-order valence-electron chi connectivity index (χ2n) is 4.30. The summed E-state index contributed by atoms with van der Waals surface area (Å²) in [4.78, 5) is 10.5. The SMILES string of the molecule is NC1Cc2cc(O)cc(CCC(=O)O)c2C1. The van der Waals surface area contributed by atoms with Crippen LogP contribution < -0.4 is 5.73 Å². The van der Waals surface area contributed by atoms with Gasteiger partial charge < -0.3 is 15.9 Å². The van der Waals surface area contributed by atoms with Gasteiger partial charge in [0.05, 0.1) is 0 Å². The molecule has 1 aromatic rings. The predicted octanol–water partition coefficient (Wildman–Crippen LogP) is 0.835. The number of nitrogens with two attached hydrogens (primary N) is 1. The molecule has 0 saturated carbocycles. The highest BCUT2D eigenvalue weighted by Crippen LogP contribution is 2.29. The average molecular weight is 221 g/mol. The van der Waals surface area contributed by atoms with Crippen molar-refractivity contribution in [2.75, 3.05) is 0 Å². The summed E-state index contributed by atoms with van der Waals surface area (Å²) >= 11 is 0. The van der Waals surface area contributed by atoms with Crippen LogP contribution in [-0.2, 0) is 24.1 Å². The zero-order chi connectivity index (χ0) is 11.7.